The van der Waals surface area contributed by atoms with Crippen LogP contribution < -0.4 is 0 Å². The lowest BCUT2D eigenvalue weighted by atomic mass is 9.64. The molecule has 0 saturated heterocycles. The van der Waals surface area contributed by atoms with Crippen LogP contribution in [0.15, 0.2) is 0 Å². The molecule has 1 saturated carbocycles. The van der Waals surface area contributed by atoms with E-state index < -0.39 is 0 Å². The first-order valence-corrected chi connectivity index (χ1v) is 4.05. The van der Waals surface area contributed by atoms with Crippen LogP contribution in [0.3, 0.4) is 0 Å². The maximum atomic E-state index is 5.62. The minimum atomic E-state index is 0.372. The molecule has 0 spiro atoms. The molecule has 2 radical (unpaired) electrons. The number of hydrogen-bond donors (Lipinski definition) is 0. The van der Waals surface area contributed by atoms with Gasteiger partial charge in [0.05, 0.1) is 14.0 Å². The maximum absolute atomic E-state index is 5.62. The summed E-state index contributed by atoms with van der Waals surface area (Å²) in [6.45, 7) is 5.04. The van der Waals surface area contributed by atoms with E-state index in [0.29, 0.717) is 11.9 Å². The van der Waals surface area contributed by atoms with Gasteiger partial charge in [-0.25, -0.2) is 0 Å². The van der Waals surface area contributed by atoms with Crippen molar-refractivity contribution >= 4 is 7.85 Å². The van der Waals surface area contributed by atoms with Crippen LogP contribution in [0.25, 0.3) is 0 Å². The third-order valence-corrected chi connectivity index (χ3v) is 1.94. The molecule has 0 aromatic carbocycles. The molecule has 0 amide bonds. The lowest BCUT2D eigenvalue weighted by Crippen LogP contribution is -2.25. The molecule has 0 aromatic rings. The Morgan fingerprint density at radius 3 is 2.50 bits per heavy atom. The highest BCUT2D eigenvalue weighted by atomic mass is 16.5. The van der Waals surface area contributed by atoms with Crippen LogP contribution in [-0.4, -0.2) is 20.6 Å². The predicted molar refractivity (Wildman–Crippen MR) is 43.3 cm³/mol. The highest BCUT2D eigenvalue weighted by molar-refractivity contribution is 6.12. The highest BCUT2D eigenvalue weighted by Gasteiger charge is 2.24. The Hall–Kier alpha value is 0.0249. The Balaban J connectivity index is 1.95. The van der Waals surface area contributed by atoms with Crippen molar-refractivity contribution in [1.82, 2.24) is 0 Å². The summed E-state index contributed by atoms with van der Waals surface area (Å²) in [6.07, 6.45) is 2.69. The van der Waals surface area contributed by atoms with Gasteiger partial charge in [0.1, 0.15) is 0 Å². The van der Waals surface area contributed by atoms with Crippen molar-refractivity contribution in [3.8, 4) is 0 Å². The van der Waals surface area contributed by atoms with Gasteiger partial charge in [-0.3, -0.25) is 0 Å². The summed E-state index contributed by atoms with van der Waals surface area (Å²) in [5, 5.41) is 0. The summed E-state index contributed by atoms with van der Waals surface area (Å²) in [5.74, 6) is 1.21. The molecule has 1 aliphatic carbocycles. The lowest BCUT2D eigenvalue weighted by molar-refractivity contribution is 0.0301. The standard InChI is InChI=1S/C8H15BO/c1-6(2)10-5-7-3-8(9)4-7/h6-8H,3-5H2,1-2H3. The summed E-state index contributed by atoms with van der Waals surface area (Å²) in [5.41, 5.74) is 0. The normalized spacial score (nSPS) is 32.3. The van der Waals surface area contributed by atoms with E-state index >= 15 is 0 Å². The minimum Gasteiger partial charge on any atom is -0.379 e. The van der Waals surface area contributed by atoms with Crippen molar-refractivity contribution in [1.29, 1.82) is 0 Å². The molecule has 0 bridgehead atoms. The van der Waals surface area contributed by atoms with Gasteiger partial charge in [0, 0.05) is 6.61 Å². The molecule has 1 rings (SSSR count). The van der Waals surface area contributed by atoms with Crippen LogP contribution in [0.2, 0.25) is 5.82 Å². The summed E-state index contributed by atoms with van der Waals surface area (Å²) >= 11 is 0. The van der Waals surface area contributed by atoms with Crippen molar-refractivity contribution < 1.29 is 4.74 Å². The van der Waals surface area contributed by atoms with Crippen LogP contribution in [0.4, 0.5) is 0 Å². The topological polar surface area (TPSA) is 9.23 Å². The van der Waals surface area contributed by atoms with E-state index in [1.807, 2.05) is 0 Å². The van der Waals surface area contributed by atoms with Gasteiger partial charge in [-0.2, -0.15) is 0 Å². The molecule has 2 heteroatoms. The maximum Gasteiger partial charge on any atom is 0.0699 e. The van der Waals surface area contributed by atoms with Crippen molar-refractivity contribution in [3.05, 3.63) is 0 Å². The zero-order valence-corrected chi connectivity index (χ0v) is 6.84. The SMILES string of the molecule is [B]C1CC(COC(C)C)C1. The van der Waals surface area contributed by atoms with Gasteiger partial charge >= 0.3 is 0 Å². The molecule has 0 heterocycles. The van der Waals surface area contributed by atoms with E-state index in [-0.39, 0.29) is 0 Å². The van der Waals surface area contributed by atoms with Crippen LogP contribution in [0.1, 0.15) is 26.7 Å². The van der Waals surface area contributed by atoms with Gasteiger partial charge in [0.2, 0.25) is 0 Å². The molecule has 0 N–H and O–H groups in total. The van der Waals surface area contributed by atoms with Gasteiger partial charge in [-0.1, -0.05) is 18.7 Å². The Labute approximate surface area is 64.6 Å². The van der Waals surface area contributed by atoms with E-state index in [2.05, 4.69) is 13.8 Å². The smallest absolute Gasteiger partial charge is 0.0699 e. The second-order valence-electron chi connectivity index (χ2n) is 3.48. The van der Waals surface area contributed by atoms with Gasteiger partial charge in [0.25, 0.3) is 0 Å². The van der Waals surface area contributed by atoms with Gasteiger partial charge in [-0.05, 0) is 19.8 Å². The zero-order chi connectivity index (χ0) is 7.56. The molecule has 0 aliphatic heterocycles. The molecule has 0 aromatic heterocycles. The van der Waals surface area contributed by atoms with Gasteiger partial charge in [-0.15, -0.1) is 0 Å². The zero-order valence-electron chi connectivity index (χ0n) is 6.84. The molecule has 1 aliphatic rings. The molecule has 1 fully saturated rings. The van der Waals surface area contributed by atoms with Crippen LogP contribution in [0.5, 0.6) is 0 Å². The second-order valence-corrected chi connectivity index (χ2v) is 3.48. The highest BCUT2D eigenvalue weighted by Crippen LogP contribution is 2.36. The monoisotopic (exact) mass is 138 g/mol. The molecular formula is C8H15BO. The average molecular weight is 138 g/mol. The van der Waals surface area contributed by atoms with E-state index in [9.17, 15) is 0 Å². The van der Waals surface area contributed by atoms with Crippen LogP contribution in [-0.2, 0) is 4.74 Å². The molecule has 0 atom stereocenters. The molecule has 56 valence electrons. The Morgan fingerprint density at radius 2 is 2.10 bits per heavy atom. The summed E-state index contributed by atoms with van der Waals surface area (Å²) in [6, 6.07) is 0. The van der Waals surface area contributed by atoms with Crippen molar-refractivity contribution in [2.75, 3.05) is 6.61 Å². The second kappa shape index (κ2) is 3.43. The van der Waals surface area contributed by atoms with E-state index in [1.54, 1.807) is 0 Å². The van der Waals surface area contributed by atoms with Crippen LogP contribution >= 0.6 is 0 Å². The Bertz CT molecular complexity index is 97.4. The largest absolute Gasteiger partial charge is 0.379 e. The Morgan fingerprint density at radius 1 is 1.50 bits per heavy atom. The van der Waals surface area contributed by atoms with Gasteiger partial charge < -0.3 is 4.74 Å². The molecular weight excluding hydrogens is 123 g/mol. The summed E-state index contributed by atoms with van der Waals surface area (Å²) in [4.78, 5) is 0. The molecule has 10 heavy (non-hydrogen) atoms. The number of hydrogen-bond acceptors (Lipinski definition) is 1. The fraction of sp³-hybridized carbons (Fsp3) is 1.00. The van der Waals surface area contributed by atoms with Gasteiger partial charge in [0.15, 0.2) is 0 Å². The van der Waals surface area contributed by atoms with Crippen LogP contribution in [0, 0.1) is 5.92 Å². The summed E-state index contributed by atoms with van der Waals surface area (Å²) in [7, 11) is 5.62. The van der Waals surface area contributed by atoms with E-state index in [1.165, 1.54) is 0 Å². The fourth-order valence-electron chi connectivity index (χ4n) is 1.25. The lowest BCUT2D eigenvalue weighted by Gasteiger charge is -2.33. The number of rotatable bonds is 3. The first-order chi connectivity index (χ1) is 4.68. The van der Waals surface area contributed by atoms with E-state index in [0.717, 1.165) is 25.4 Å². The first kappa shape index (κ1) is 8.12. The summed E-state index contributed by atoms with van der Waals surface area (Å²) < 4.78 is 5.44. The van der Waals surface area contributed by atoms with Crippen molar-refractivity contribution in [2.24, 2.45) is 5.92 Å². The minimum absolute atomic E-state index is 0.372. The predicted octanol–water partition coefficient (Wildman–Crippen LogP) is 1.78. The first-order valence-electron chi connectivity index (χ1n) is 4.05. The van der Waals surface area contributed by atoms with Crippen molar-refractivity contribution in [3.63, 3.8) is 0 Å². The fourth-order valence-corrected chi connectivity index (χ4v) is 1.25. The van der Waals surface area contributed by atoms with Crippen molar-refractivity contribution in [2.45, 2.75) is 38.6 Å². The molecule has 0 unspecified atom stereocenters. The third-order valence-electron chi connectivity index (χ3n) is 1.94. The average Bonchev–Trinajstić information content (AvgIpc) is 1.77. The Kier molecular flexibility index (Phi) is 2.78. The third kappa shape index (κ3) is 2.33. The van der Waals surface area contributed by atoms with E-state index in [4.69, 9.17) is 12.6 Å². The quantitative estimate of drug-likeness (QED) is 0.540. The number of ether oxygens (including phenoxy) is 1. The molecule has 1 nitrogen and oxygen atoms in total.